The van der Waals surface area contributed by atoms with Crippen molar-refractivity contribution in [3.63, 3.8) is 0 Å². The van der Waals surface area contributed by atoms with E-state index >= 15 is 0 Å². The number of nitrogens with one attached hydrogen (secondary N) is 1. The van der Waals surface area contributed by atoms with E-state index in [-0.39, 0.29) is 50.6 Å². The Labute approximate surface area is 448 Å². The van der Waals surface area contributed by atoms with Crippen LogP contribution in [-0.4, -0.2) is 85.9 Å². The Morgan fingerprint density at radius 1 is 0.464 bits per heavy atom. The van der Waals surface area contributed by atoms with Gasteiger partial charge in [-0.25, -0.2) is 0 Å². The maximum absolute atomic E-state index is 10.3. The van der Waals surface area contributed by atoms with Gasteiger partial charge < -0.3 is 58.9 Å². The monoisotopic (exact) mass is 985 g/mol. The summed E-state index contributed by atoms with van der Waals surface area (Å²) in [5.74, 6) is -4.61. The van der Waals surface area contributed by atoms with Crippen LogP contribution in [0.3, 0.4) is 0 Å². The van der Waals surface area contributed by atoms with Crippen LogP contribution in [0.4, 0.5) is 0 Å². The van der Waals surface area contributed by atoms with Gasteiger partial charge >= 0.3 is 43.7 Å². The second-order valence-electron chi connectivity index (χ2n) is 15.3. The Balaban J connectivity index is -0.000000283. The molecule has 0 saturated carbocycles. The number of carbonyl (C=O) groups excluding carboxylic acids is 3. The molecular weight excluding hydrogens is 895 g/mol. The van der Waals surface area contributed by atoms with Crippen molar-refractivity contribution >= 4 is 61.6 Å². The first-order chi connectivity index (χ1) is 32.9. The van der Waals surface area contributed by atoms with Crippen molar-refractivity contribution in [3.05, 3.63) is 158 Å². The molecule has 2 atom stereocenters. The van der Waals surface area contributed by atoms with Gasteiger partial charge in [-0.05, 0) is 122 Å². The van der Waals surface area contributed by atoms with Crippen LogP contribution in [-0.2, 0) is 19.2 Å². The minimum absolute atomic E-state index is 0. The zero-order valence-corrected chi connectivity index (χ0v) is 44.8. The van der Waals surface area contributed by atoms with Gasteiger partial charge in [0.05, 0.1) is 13.1 Å². The van der Waals surface area contributed by atoms with E-state index in [1.54, 1.807) is 0 Å². The first kappa shape index (κ1) is 73.9. The predicted molar refractivity (Wildman–Crippen MR) is 283 cm³/mol. The number of carboxylic acids is 4. The molecule has 0 heterocycles. The van der Waals surface area contributed by atoms with Crippen LogP contribution < -0.4 is 26.8 Å². The number of unbranched alkanes of at least 4 members (excludes halogenated alkanes) is 2. The van der Waals surface area contributed by atoms with Crippen molar-refractivity contribution in [2.45, 2.75) is 161 Å². The fraction of sp³-hybridized carbons (Fsp3) is 0.491. The molecule has 0 aliphatic heterocycles. The quantitative estimate of drug-likeness (QED) is 0.0234. The number of rotatable bonds is 38. The van der Waals surface area contributed by atoms with Gasteiger partial charge in [0.15, 0.2) is 0 Å². The Hall–Kier alpha value is -4.10. The summed E-state index contributed by atoms with van der Waals surface area (Å²) >= 11 is 0. The van der Waals surface area contributed by atoms with E-state index in [0.717, 1.165) is 116 Å². The average Bonchev–Trinajstić information content (AvgIpc) is 3.31. The number of hydrogen-bond acceptors (Lipinski definition) is 7. The Kier molecular flexibility index (Phi) is 70.6. The predicted octanol–water partition coefficient (Wildman–Crippen LogP) is 8.55. The normalized spacial score (nSPS) is 12.8. The minimum Gasteiger partial charge on any atom is -0.670 e. The van der Waals surface area contributed by atoms with Gasteiger partial charge in [-0.3, -0.25) is 4.79 Å². The van der Waals surface area contributed by atoms with Crippen LogP contribution in [0.1, 0.15) is 155 Å². The number of carbonyl (C=O) groups is 4. The molecular formula is C57H90CaN3O8-. The maximum atomic E-state index is 10.3. The zero-order chi connectivity index (χ0) is 51.4. The van der Waals surface area contributed by atoms with Crippen molar-refractivity contribution in [1.82, 2.24) is 0 Å². The number of quaternary nitrogens is 2. The molecule has 0 spiro atoms. The summed E-state index contributed by atoms with van der Waals surface area (Å²) < 4.78 is 0. The van der Waals surface area contributed by atoms with Crippen molar-refractivity contribution in [2.24, 2.45) is 5.92 Å². The van der Waals surface area contributed by atoms with Crippen molar-refractivity contribution < 1.29 is 51.1 Å². The van der Waals surface area contributed by atoms with E-state index in [9.17, 15) is 34.5 Å². The molecule has 69 heavy (non-hydrogen) atoms. The molecule has 384 valence electrons. The van der Waals surface area contributed by atoms with Crippen molar-refractivity contribution in [3.8, 4) is 0 Å². The zero-order valence-electron chi connectivity index (χ0n) is 42.6. The second kappa shape index (κ2) is 66.0. The molecule has 0 radical (unpaired) electrons. The summed E-state index contributed by atoms with van der Waals surface area (Å²) in [6.07, 6.45) is 69.1. The Bertz CT molecular complexity index is 1440. The first-order valence-electron chi connectivity index (χ1n) is 24.7. The van der Waals surface area contributed by atoms with Crippen LogP contribution in [0.25, 0.3) is 5.73 Å². The van der Waals surface area contributed by atoms with Gasteiger partial charge in [0, 0.05) is 24.3 Å². The molecule has 0 aliphatic rings. The topological polar surface area (TPSA) is 237 Å². The van der Waals surface area contributed by atoms with Gasteiger partial charge in [-0.15, -0.1) is 5.92 Å². The molecule has 0 rings (SSSR count). The second-order valence-corrected chi connectivity index (χ2v) is 15.3. The molecule has 0 fully saturated rings. The fourth-order valence-corrected chi connectivity index (χ4v) is 5.02. The van der Waals surface area contributed by atoms with Crippen molar-refractivity contribution in [2.75, 3.05) is 13.1 Å². The van der Waals surface area contributed by atoms with Gasteiger partial charge in [-0.2, -0.15) is 0 Å². The van der Waals surface area contributed by atoms with Gasteiger partial charge in [0.1, 0.15) is 0 Å². The van der Waals surface area contributed by atoms with Crippen LogP contribution in [0.15, 0.2) is 146 Å². The maximum Gasteiger partial charge on any atom is 2.00 e. The van der Waals surface area contributed by atoms with Gasteiger partial charge in [0.2, 0.25) is 0 Å². The summed E-state index contributed by atoms with van der Waals surface area (Å²) in [6, 6.07) is -1.05. The molecule has 0 amide bonds. The van der Waals surface area contributed by atoms with Crippen LogP contribution in [0.2, 0.25) is 0 Å². The number of aliphatic carboxylic acids is 4. The van der Waals surface area contributed by atoms with Gasteiger partial charge in [0.25, 0.3) is 0 Å². The molecule has 8 N–H and O–H groups in total. The van der Waals surface area contributed by atoms with Crippen LogP contribution >= 0.6 is 0 Å². The molecule has 12 heteroatoms. The number of allylic oxidation sites excluding steroid dienone is 24. The summed E-state index contributed by atoms with van der Waals surface area (Å²) in [4.78, 5) is 40.6. The SMILES string of the molecule is CC/C=C/C/C=C\C/C=C\C/C=C/C/C=C\C/C=C\CCC(=O)O.CC/C=C/C/C=C\C/C=C\C/C=C/C/C=C\C/C=C\CCC(=O)[O-].[CH2-][C@@H](CCCC[NH3+])C(=O)[O-].[Ca+2].[NH-][C@@H](CCCC[NH3+])C(=O)[O-]. The summed E-state index contributed by atoms with van der Waals surface area (Å²) in [5, 5.41) is 38.8. The van der Waals surface area contributed by atoms with E-state index in [4.69, 9.17) is 10.8 Å². The average molecular weight is 985 g/mol. The summed E-state index contributed by atoms with van der Waals surface area (Å²) in [5.41, 5.74) is 14.2. The molecule has 11 nitrogen and oxygen atoms in total. The Morgan fingerprint density at radius 2 is 0.739 bits per heavy atom. The van der Waals surface area contributed by atoms with Crippen LogP contribution in [0.5, 0.6) is 0 Å². The molecule has 0 saturated heterocycles. The smallest absolute Gasteiger partial charge is 0.670 e. The molecule has 0 unspecified atom stereocenters. The first-order valence-corrected chi connectivity index (χ1v) is 24.7. The van der Waals surface area contributed by atoms with Crippen molar-refractivity contribution in [1.29, 1.82) is 0 Å². The molecule has 0 aromatic carbocycles. The van der Waals surface area contributed by atoms with Crippen LogP contribution in [0, 0.1) is 12.8 Å². The number of carboxylic acid groups (broad SMARTS) is 4. The molecule has 0 aliphatic carbocycles. The third-order valence-electron chi connectivity index (χ3n) is 8.90. The largest absolute Gasteiger partial charge is 2.00 e. The fourth-order valence-electron chi connectivity index (χ4n) is 5.02. The summed E-state index contributed by atoms with van der Waals surface area (Å²) in [6.45, 7) is 9.39. The minimum atomic E-state index is -1.27. The van der Waals surface area contributed by atoms with Gasteiger partial charge in [-0.1, -0.05) is 179 Å². The van der Waals surface area contributed by atoms with E-state index in [1.807, 2.05) is 24.3 Å². The molecule has 0 aromatic heterocycles. The third-order valence-corrected chi connectivity index (χ3v) is 8.90. The van der Waals surface area contributed by atoms with E-state index in [2.05, 4.69) is 154 Å². The number of hydrogen-bond donors (Lipinski definition) is 3. The Morgan fingerprint density at radius 3 is 0.986 bits per heavy atom. The standard InChI is InChI=1S/2C22H32O2.C7H14NO2.C6H13N2O2.Ca/c2*1-2-3-4-5-6-7-8-9-10-11-12-13-14-15-16-17-18-19-20-21-22(23)24;1-6(7(9)10)4-2-3-5-8;7-4-2-1-3-5(8)6(9)10;/h2*3-4,6-7,9-10,12-13,15-16,18-19H,2,5,8,11,14,17,20-21H2,1H3,(H,23,24);6H,1-5,8H2,(H,9,10);5,8H,1-4,7H2,(H,9,10);/q;;2*-1;+2/p-1/b2*4-3+,7-6-,10-9-,13-12+,16-15-,19-18-;;;/t;;6-;5-;/m..00./s1. The van der Waals surface area contributed by atoms with E-state index in [0.29, 0.717) is 25.7 Å². The van der Waals surface area contributed by atoms with E-state index in [1.165, 1.54) is 0 Å². The van der Waals surface area contributed by atoms with E-state index < -0.39 is 35.8 Å². The molecule has 0 bridgehead atoms. The summed E-state index contributed by atoms with van der Waals surface area (Å²) in [7, 11) is 0. The molecule has 0 aromatic rings. The third kappa shape index (κ3) is 78.4.